The van der Waals surface area contributed by atoms with Crippen molar-refractivity contribution in [3.63, 3.8) is 0 Å². The molecule has 0 radical (unpaired) electrons. The van der Waals surface area contributed by atoms with Gasteiger partial charge in [0.05, 0.1) is 42.3 Å². The molecule has 0 spiro atoms. The molecule has 5 heterocycles. The van der Waals surface area contributed by atoms with Crippen LogP contribution in [0.4, 0.5) is 10.1 Å². The van der Waals surface area contributed by atoms with Gasteiger partial charge < -0.3 is 19.1 Å². The van der Waals surface area contributed by atoms with Gasteiger partial charge in [-0.25, -0.2) is 9.07 Å². The molecule has 2 aromatic heterocycles. The van der Waals surface area contributed by atoms with Gasteiger partial charge in [0.15, 0.2) is 0 Å². The third-order valence-electron chi connectivity index (χ3n) is 10.3. The summed E-state index contributed by atoms with van der Waals surface area (Å²) in [5.41, 5.74) is 4.98. The number of alkyl halides is 1. The van der Waals surface area contributed by atoms with Gasteiger partial charge in [0.1, 0.15) is 19.5 Å². The van der Waals surface area contributed by atoms with Crippen LogP contribution in [0.5, 0.6) is 11.9 Å². The van der Waals surface area contributed by atoms with Gasteiger partial charge in [-0.2, -0.15) is 15.1 Å². The lowest BCUT2D eigenvalue weighted by atomic mass is 9.95. The van der Waals surface area contributed by atoms with E-state index in [1.54, 1.807) is 7.11 Å². The Balaban J connectivity index is 1.18. The second kappa shape index (κ2) is 12.0. The van der Waals surface area contributed by atoms with Gasteiger partial charge >= 0.3 is 6.01 Å². The number of halogens is 2. The number of nitrogens with zero attached hydrogens (tertiary/aromatic N) is 6. The lowest BCUT2D eigenvalue weighted by Gasteiger charge is -2.33. The quantitative estimate of drug-likeness (QED) is 0.172. The van der Waals surface area contributed by atoms with Gasteiger partial charge in [0, 0.05) is 50.2 Å². The largest absolute Gasteiger partial charge is 0.481 e. The summed E-state index contributed by atoms with van der Waals surface area (Å²) in [6, 6.07) is 3.48. The summed E-state index contributed by atoms with van der Waals surface area (Å²) in [5, 5.41) is 6.64. The van der Waals surface area contributed by atoms with Crippen molar-refractivity contribution < 1.29 is 18.6 Å². The number of hydrogen-bond donors (Lipinski definition) is 0. The highest BCUT2D eigenvalue weighted by Gasteiger charge is 2.49. The van der Waals surface area contributed by atoms with Crippen LogP contribution in [0.3, 0.4) is 0 Å². The first-order chi connectivity index (χ1) is 21.5. The zero-order valence-electron chi connectivity index (χ0n) is 27.2. The molecule has 3 aliphatic heterocycles. The monoisotopic (exact) mass is 656 g/mol. The van der Waals surface area contributed by atoms with Crippen molar-refractivity contribution in [1.82, 2.24) is 24.6 Å². The molecular formula is C33H46ClFN6O3Si. The van der Waals surface area contributed by atoms with E-state index in [9.17, 15) is 4.39 Å². The molecule has 3 aromatic rings. The predicted octanol–water partition coefficient (Wildman–Crippen LogP) is 6.44. The Morgan fingerprint density at radius 3 is 2.78 bits per heavy atom. The molecule has 4 aliphatic rings. The molecule has 0 bridgehead atoms. The maximum atomic E-state index is 14.4. The molecule has 7 rings (SSSR count). The molecule has 4 atom stereocenters. The van der Waals surface area contributed by atoms with Crippen molar-refractivity contribution in [3.05, 3.63) is 34.1 Å². The van der Waals surface area contributed by atoms with Crippen LogP contribution in [-0.4, -0.2) is 84.4 Å². The maximum Gasteiger partial charge on any atom is 0.320 e. The summed E-state index contributed by atoms with van der Waals surface area (Å²) in [7, 11) is 0.465. The van der Waals surface area contributed by atoms with Gasteiger partial charge in [-0.1, -0.05) is 38.2 Å². The summed E-state index contributed by atoms with van der Waals surface area (Å²) < 4.78 is 34.4. The lowest BCUT2D eigenvalue weighted by Crippen LogP contribution is -2.43. The Kier molecular flexibility index (Phi) is 8.27. The highest BCUT2D eigenvalue weighted by atomic mass is 35.5. The van der Waals surface area contributed by atoms with Crippen LogP contribution >= 0.6 is 11.6 Å². The van der Waals surface area contributed by atoms with Crippen LogP contribution in [0.1, 0.15) is 55.3 Å². The van der Waals surface area contributed by atoms with Gasteiger partial charge in [-0.3, -0.25) is 4.90 Å². The Morgan fingerprint density at radius 1 is 1.20 bits per heavy atom. The number of methoxy groups -OCH3 is 1. The Bertz CT molecular complexity index is 1580. The fraction of sp³-hybridized carbons (Fsp3) is 0.667. The van der Waals surface area contributed by atoms with E-state index in [4.69, 9.17) is 35.9 Å². The molecule has 12 heteroatoms. The molecule has 2 saturated heterocycles. The minimum atomic E-state index is -1.18. The van der Waals surface area contributed by atoms with E-state index in [0.29, 0.717) is 56.6 Å². The molecule has 45 heavy (non-hydrogen) atoms. The van der Waals surface area contributed by atoms with Crippen molar-refractivity contribution in [2.24, 2.45) is 5.92 Å². The van der Waals surface area contributed by atoms with E-state index in [2.05, 4.69) is 47.4 Å². The third kappa shape index (κ3) is 6.05. The van der Waals surface area contributed by atoms with Crippen molar-refractivity contribution >= 4 is 36.3 Å². The van der Waals surface area contributed by atoms with E-state index in [1.165, 1.54) is 5.56 Å². The minimum absolute atomic E-state index is 0.265. The number of rotatable bonds is 11. The normalized spacial score (nSPS) is 26.4. The molecule has 9 nitrogen and oxygen atoms in total. The maximum absolute atomic E-state index is 14.4. The highest BCUT2D eigenvalue weighted by Crippen LogP contribution is 2.54. The molecule has 0 N–H and O–H groups in total. The van der Waals surface area contributed by atoms with Crippen molar-refractivity contribution in [1.29, 1.82) is 0 Å². The summed E-state index contributed by atoms with van der Waals surface area (Å²) in [6.07, 6.45) is 5.54. The Hall–Kier alpha value is -2.47. The predicted molar refractivity (Wildman–Crippen MR) is 177 cm³/mol. The van der Waals surface area contributed by atoms with Gasteiger partial charge in [-0.05, 0) is 61.7 Å². The summed E-state index contributed by atoms with van der Waals surface area (Å²) in [6.45, 7) is 13.7. The van der Waals surface area contributed by atoms with Crippen LogP contribution < -0.4 is 14.4 Å². The van der Waals surface area contributed by atoms with Crippen LogP contribution in [0.2, 0.25) is 30.7 Å². The van der Waals surface area contributed by atoms with E-state index in [-0.39, 0.29) is 5.54 Å². The third-order valence-corrected chi connectivity index (χ3v) is 12.4. The van der Waals surface area contributed by atoms with Crippen LogP contribution in [0.15, 0.2) is 12.3 Å². The van der Waals surface area contributed by atoms with Crippen molar-refractivity contribution in [3.8, 4) is 11.9 Å². The minimum Gasteiger partial charge on any atom is -0.481 e. The Labute approximate surface area is 271 Å². The molecule has 1 saturated carbocycles. The molecule has 0 amide bonds. The molecule has 3 fully saturated rings. The smallest absolute Gasteiger partial charge is 0.320 e. The fourth-order valence-corrected chi connectivity index (χ4v) is 8.77. The number of ether oxygens (including phenoxy) is 3. The average molecular weight is 657 g/mol. The summed E-state index contributed by atoms with van der Waals surface area (Å²) in [5.74, 6) is 1.57. The fourth-order valence-electron chi connectivity index (χ4n) is 7.68. The number of hydrogen-bond acceptors (Lipinski definition) is 8. The van der Waals surface area contributed by atoms with Crippen LogP contribution in [-0.2, 0) is 24.4 Å². The topological polar surface area (TPSA) is 77.8 Å². The number of anilines is 1. The van der Waals surface area contributed by atoms with Crippen LogP contribution in [0, 0.1) is 5.92 Å². The number of benzene rings is 1. The molecular weight excluding hydrogens is 611 g/mol. The summed E-state index contributed by atoms with van der Waals surface area (Å²) in [4.78, 5) is 14.2. The molecule has 0 unspecified atom stereocenters. The van der Waals surface area contributed by atoms with Gasteiger partial charge in [-0.15, -0.1) is 0 Å². The van der Waals surface area contributed by atoms with Crippen molar-refractivity contribution in [2.45, 2.75) is 95.6 Å². The van der Waals surface area contributed by atoms with Crippen LogP contribution in [0.25, 0.3) is 10.9 Å². The first-order valence-corrected chi connectivity index (χ1v) is 20.6. The van der Waals surface area contributed by atoms with E-state index in [1.807, 2.05) is 10.9 Å². The number of aromatic nitrogens is 4. The zero-order valence-corrected chi connectivity index (χ0v) is 29.0. The highest BCUT2D eigenvalue weighted by molar-refractivity contribution is 6.76. The second-order valence-electron chi connectivity index (χ2n) is 14.8. The van der Waals surface area contributed by atoms with Gasteiger partial charge in [0.2, 0.25) is 5.88 Å². The zero-order chi connectivity index (χ0) is 31.5. The lowest BCUT2D eigenvalue weighted by molar-refractivity contribution is 0.0817. The number of fused-ring (bicyclic) bond motifs is 3. The second-order valence-corrected chi connectivity index (χ2v) is 20.9. The first kappa shape index (κ1) is 31.1. The molecule has 1 aliphatic carbocycles. The molecule has 1 aromatic carbocycles. The summed E-state index contributed by atoms with van der Waals surface area (Å²) >= 11 is 7.11. The molecule has 244 valence electrons. The van der Waals surface area contributed by atoms with Gasteiger partial charge in [0.25, 0.3) is 0 Å². The standard InChI is InChI=1S/C33H46ClFN6O3Si/c1-21-13-24(21)29-26(34)14-28-25(16-36-41(28)20-43-11-12-45(3,4)5)30(29)39-10-7-23-27(18-39)37-32(38-31(23)42-2)44-19-33-8-6-9-40(33)17-22(35)15-33/h14,16,21-22,24H,6-13,15,17-20H2,1-5H3/t21-,22-,24+,33+/m1/s1. The average Bonchev–Trinajstić information content (AvgIpc) is 3.25. The van der Waals surface area contributed by atoms with E-state index in [0.717, 1.165) is 84.3 Å². The van der Waals surface area contributed by atoms with E-state index < -0.39 is 14.2 Å². The Morgan fingerprint density at radius 2 is 2.02 bits per heavy atom. The SMILES string of the molecule is COc1nc(OC[C@@]23CCCN2C[C@H](F)C3)nc2c1CCN(c1c([C@H]3C[C@H]3C)c(Cl)cc3c1cnn3COCC[Si](C)(C)C)C2. The van der Waals surface area contributed by atoms with E-state index >= 15 is 0 Å². The first-order valence-electron chi connectivity index (χ1n) is 16.5. The van der Waals surface area contributed by atoms with Crippen molar-refractivity contribution in [2.75, 3.05) is 44.9 Å².